The predicted molar refractivity (Wildman–Crippen MR) is 196 cm³/mol. The zero-order chi connectivity index (χ0) is 36.5. The number of benzene rings is 3. The van der Waals surface area contributed by atoms with Crippen molar-refractivity contribution in [2.24, 2.45) is 0 Å². The molecule has 55 heavy (non-hydrogen) atoms. The zero-order valence-corrected chi connectivity index (χ0v) is 30.1. The van der Waals surface area contributed by atoms with Gasteiger partial charge in [0.05, 0.1) is 18.9 Å². The maximum absolute atomic E-state index is 12.9. The van der Waals surface area contributed by atoms with Gasteiger partial charge in [0.15, 0.2) is 12.2 Å². The maximum Gasteiger partial charge on any atom is 0.490 e. The van der Waals surface area contributed by atoms with Gasteiger partial charge in [0.2, 0.25) is 0 Å². The summed E-state index contributed by atoms with van der Waals surface area (Å²) in [5.74, 6) is -1.66. The monoisotopic (exact) mass is 795 g/mol. The molecule has 4 rings (SSSR count). The van der Waals surface area contributed by atoms with Gasteiger partial charge in [0.25, 0.3) is 0 Å². The lowest BCUT2D eigenvalue weighted by molar-refractivity contribution is -0.192. The van der Waals surface area contributed by atoms with E-state index in [9.17, 15) is 22.8 Å². The molecular formula is C35H47F6N5O9. The van der Waals surface area contributed by atoms with E-state index in [0.29, 0.717) is 29.4 Å². The van der Waals surface area contributed by atoms with Gasteiger partial charge in [-0.2, -0.15) is 13.2 Å². The minimum absolute atomic E-state index is 0. The van der Waals surface area contributed by atoms with Crippen molar-refractivity contribution >= 4 is 29.5 Å². The largest absolute Gasteiger partial charge is 0.496 e. The van der Waals surface area contributed by atoms with Gasteiger partial charge in [0.1, 0.15) is 11.9 Å². The van der Waals surface area contributed by atoms with Gasteiger partial charge in [-0.15, -0.1) is 0 Å². The van der Waals surface area contributed by atoms with Crippen LogP contribution in [0.1, 0.15) is 43.9 Å². The van der Waals surface area contributed by atoms with Gasteiger partial charge >= 0.3 is 24.3 Å². The lowest BCUT2D eigenvalue weighted by Crippen LogP contribution is -2.34. The van der Waals surface area contributed by atoms with Gasteiger partial charge in [0, 0.05) is 30.5 Å². The van der Waals surface area contributed by atoms with E-state index < -0.39 is 24.3 Å². The van der Waals surface area contributed by atoms with Crippen LogP contribution in [-0.4, -0.2) is 77.0 Å². The topological polar surface area (TPSA) is 218 Å². The fourth-order valence-corrected chi connectivity index (χ4v) is 4.76. The second-order valence-corrected chi connectivity index (χ2v) is 10.8. The number of hydrogen-bond donors (Lipinski definition) is 4. The molecular weight excluding hydrogens is 748 g/mol. The number of ether oxygens (including phenoxy) is 2. The third-order valence-electron chi connectivity index (χ3n) is 6.95. The fraction of sp³-hybridized carbons (Fsp3) is 0.314. The molecule has 0 fully saturated rings. The molecule has 0 radical (unpaired) electrons. The van der Waals surface area contributed by atoms with Crippen molar-refractivity contribution in [1.82, 2.24) is 15.2 Å². The van der Waals surface area contributed by atoms with E-state index in [1.165, 1.54) is 6.39 Å². The number of rotatable bonds is 14. The van der Waals surface area contributed by atoms with Crippen molar-refractivity contribution in [3.05, 3.63) is 96.5 Å². The summed E-state index contributed by atoms with van der Waals surface area (Å²) in [6.07, 6.45) is -0.978. The second-order valence-electron chi connectivity index (χ2n) is 10.8. The summed E-state index contributed by atoms with van der Waals surface area (Å²) < 4.78 is 48.4. The SMILES string of the molecule is CCCN(CCC)CC(OC(=O)NCc1cccc(NC(=O)Nc2ccc(-c3cnco3)c(OC)c2)c1)c1ccccc1.F.F.F.O.O.O=C(O)C(F)(F)F. The number of halogens is 6. The van der Waals surface area contributed by atoms with Crippen LogP contribution in [0.5, 0.6) is 5.75 Å². The number of hydrogen-bond acceptors (Lipinski definition) is 8. The molecule has 0 saturated carbocycles. The molecule has 0 aliphatic rings. The summed E-state index contributed by atoms with van der Waals surface area (Å²) in [6, 6.07) is 21.9. The number of urea groups is 1. The normalized spacial score (nSPS) is 10.5. The quantitative estimate of drug-likeness (QED) is 0.102. The fourth-order valence-electron chi connectivity index (χ4n) is 4.76. The molecule has 20 heteroatoms. The molecule has 14 nitrogen and oxygen atoms in total. The number of aliphatic carboxylic acids is 1. The molecule has 0 aliphatic heterocycles. The zero-order valence-electron chi connectivity index (χ0n) is 30.1. The number of amides is 3. The van der Waals surface area contributed by atoms with Crippen LogP contribution < -0.4 is 20.7 Å². The Morgan fingerprint density at radius 1 is 0.891 bits per heavy atom. The Balaban J connectivity index is -0.00000206. The third kappa shape index (κ3) is 18.2. The van der Waals surface area contributed by atoms with Gasteiger partial charge < -0.3 is 45.9 Å². The first-order valence-electron chi connectivity index (χ1n) is 15.7. The van der Waals surface area contributed by atoms with E-state index in [-0.39, 0.29) is 37.7 Å². The highest BCUT2D eigenvalue weighted by Crippen LogP contribution is 2.32. The van der Waals surface area contributed by atoms with E-state index in [2.05, 4.69) is 39.7 Å². The van der Waals surface area contributed by atoms with Crippen LogP contribution in [-0.2, 0) is 16.1 Å². The Kier molecular flexibility index (Phi) is 26.1. The summed E-state index contributed by atoms with van der Waals surface area (Å²) >= 11 is 0. The Labute approximate surface area is 312 Å². The van der Waals surface area contributed by atoms with Crippen molar-refractivity contribution in [1.29, 1.82) is 0 Å². The van der Waals surface area contributed by atoms with Crippen LogP contribution in [0.4, 0.5) is 48.2 Å². The number of nitrogens with one attached hydrogen (secondary N) is 3. The predicted octanol–water partition coefficient (Wildman–Crippen LogP) is 6.53. The Bertz CT molecular complexity index is 1660. The summed E-state index contributed by atoms with van der Waals surface area (Å²) in [4.78, 5) is 40.7. The van der Waals surface area contributed by atoms with E-state index >= 15 is 0 Å². The first kappa shape index (κ1) is 53.5. The van der Waals surface area contributed by atoms with E-state index in [1.54, 1.807) is 43.6 Å². The van der Waals surface area contributed by atoms with Crippen LogP contribution in [0.3, 0.4) is 0 Å². The van der Waals surface area contributed by atoms with Crippen LogP contribution in [0.2, 0.25) is 0 Å². The molecule has 0 aliphatic carbocycles. The van der Waals surface area contributed by atoms with Crippen LogP contribution in [0.15, 0.2) is 89.8 Å². The summed E-state index contributed by atoms with van der Waals surface area (Å²) in [6.45, 7) is 7.05. The lowest BCUT2D eigenvalue weighted by atomic mass is 10.1. The smallest absolute Gasteiger partial charge is 0.490 e. The third-order valence-corrected chi connectivity index (χ3v) is 6.95. The first-order chi connectivity index (χ1) is 23.9. The van der Waals surface area contributed by atoms with E-state index in [0.717, 1.165) is 42.6 Å². The number of alkyl halides is 3. The van der Waals surface area contributed by atoms with Crippen LogP contribution in [0.25, 0.3) is 11.3 Å². The van der Waals surface area contributed by atoms with Gasteiger partial charge in [-0.3, -0.25) is 19.0 Å². The highest BCUT2D eigenvalue weighted by molar-refractivity contribution is 6.00. The molecule has 0 bridgehead atoms. The number of alkyl carbamates (subject to hydrolysis) is 1. The number of oxazole rings is 1. The minimum atomic E-state index is -5.08. The number of carbonyl (C=O) groups is 3. The summed E-state index contributed by atoms with van der Waals surface area (Å²) in [5.41, 5.74) is 3.61. The molecule has 3 amide bonds. The molecule has 0 saturated heterocycles. The minimum Gasteiger partial charge on any atom is -0.496 e. The van der Waals surface area contributed by atoms with Gasteiger partial charge in [-0.05, 0) is 61.3 Å². The van der Waals surface area contributed by atoms with Crippen molar-refractivity contribution < 1.29 is 71.6 Å². The average Bonchev–Trinajstić information content (AvgIpc) is 3.63. The second kappa shape index (κ2) is 26.8. The highest BCUT2D eigenvalue weighted by Gasteiger charge is 2.38. The Hall–Kier alpha value is -5.86. The first-order valence-corrected chi connectivity index (χ1v) is 15.7. The summed E-state index contributed by atoms with van der Waals surface area (Å²) in [5, 5.41) is 15.6. The average molecular weight is 796 g/mol. The number of carbonyl (C=O) groups excluding carboxylic acids is 2. The number of nitrogens with zero attached hydrogens (tertiary/aromatic N) is 2. The number of carboxylic acid groups (broad SMARTS) is 1. The summed E-state index contributed by atoms with van der Waals surface area (Å²) in [7, 11) is 1.55. The molecule has 1 atom stereocenters. The Morgan fingerprint density at radius 2 is 1.49 bits per heavy atom. The van der Waals surface area contributed by atoms with Crippen molar-refractivity contribution in [3.63, 3.8) is 0 Å². The molecule has 1 heterocycles. The number of anilines is 2. The molecule has 1 unspecified atom stereocenters. The van der Waals surface area contributed by atoms with Crippen molar-refractivity contribution in [3.8, 4) is 17.1 Å². The van der Waals surface area contributed by atoms with Gasteiger partial charge in [-0.1, -0.05) is 56.3 Å². The van der Waals surface area contributed by atoms with Crippen molar-refractivity contribution in [2.45, 2.75) is 45.5 Å². The number of carboxylic acids is 1. The van der Waals surface area contributed by atoms with Crippen LogP contribution >= 0.6 is 0 Å². The maximum atomic E-state index is 12.9. The number of aromatic nitrogens is 1. The lowest BCUT2D eigenvalue weighted by Gasteiger charge is -2.27. The molecule has 1 aromatic heterocycles. The van der Waals surface area contributed by atoms with E-state index in [4.69, 9.17) is 23.8 Å². The van der Waals surface area contributed by atoms with E-state index in [1.807, 2.05) is 42.5 Å². The standard InChI is InChI=1S/C33H39N5O5.C2HF3O2.3FH.2H2O/c1-4-16-38(17-5-2)22-31(25-11-7-6-8-12-25)43-33(40)35-20-24-10-9-13-26(18-24)36-32(39)37-27-14-15-28(29(19-27)41-3)30-21-34-23-42-30;3-2(4,5)1(6)7;;;;;/h6-15,18-19,21,23,31H,4-5,16-17,20,22H2,1-3H3,(H,35,40)(H2,36,37,39);(H,6,7);3*1H;2*1H2. The molecule has 8 N–H and O–H groups in total. The molecule has 4 aromatic rings. The molecule has 3 aromatic carbocycles. The Morgan fingerprint density at radius 3 is 2.02 bits per heavy atom. The van der Waals surface area contributed by atoms with Gasteiger partial charge in [-0.25, -0.2) is 19.4 Å². The number of methoxy groups -OCH3 is 1. The van der Waals surface area contributed by atoms with Crippen molar-refractivity contribution in [2.75, 3.05) is 37.4 Å². The van der Waals surface area contributed by atoms with Crippen LogP contribution in [0, 0.1) is 0 Å². The highest BCUT2D eigenvalue weighted by atomic mass is 19.4. The molecule has 0 spiro atoms. The molecule has 308 valence electrons.